The molecule has 3 nitrogen and oxygen atoms in total. The smallest absolute Gasteiger partial charge is 0.166 e. The first-order chi connectivity index (χ1) is 11.0. The first-order valence-corrected chi connectivity index (χ1v) is 8.07. The second-order valence-electron chi connectivity index (χ2n) is 6.71. The Bertz CT molecular complexity index is 717. The van der Waals surface area contributed by atoms with E-state index in [0.717, 1.165) is 24.0 Å². The van der Waals surface area contributed by atoms with Gasteiger partial charge < -0.3 is 9.84 Å². The Morgan fingerprint density at radius 3 is 2.65 bits per heavy atom. The monoisotopic (exact) mass is 310 g/mol. The molecule has 0 spiro atoms. The van der Waals surface area contributed by atoms with Crippen LogP contribution < -0.4 is 4.74 Å². The summed E-state index contributed by atoms with van der Waals surface area (Å²) in [5, 5.41) is 10.0. The molecule has 0 atom stereocenters. The van der Waals surface area contributed by atoms with Crippen LogP contribution in [0.3, 0.4) is 0 Å². The zero-order valence-corrected chi connectivity index (χ0v) is 13.6. The summed E-state index contributed by atoms with van der Waals surface area (Å²) in [6.07, 6.45) is 2.70. The number of hydrogen-bond donors (Lipinski definition) is 1. The number of carbonyl (C=O) groups is 1. The van der Waals surface area contributed by atoms with E-state index in [9.17, 15) is 9.90 Å². The molecule has 2 aromatic carbocycles. The summed E-state index contributed by atoms with van der Waals surface area (Å²) in [7, 11) is 0. The number of ether oxygens (including phenoxy) is 1. The summed E-state index contributed by atoms with van der Waals surface area (Å²) < 4.78 is 6.02. The van der Waals surface area contributed by atoms with Crippen LogP contribution in [-0.2, 0) is 12.8 Å². The lowest BCUT2D eigenvalue weighted by atomic mass is 9.90. The van der Waals surface area contributed by atoms with E-state index in [1.807, 2.05) is 44.2 Å². The minimum atomic E-state index is -0.310. The van der Waals surface area contributed by atoms with E-state index in [2.05, 4.69) is 0 Å². The second kappa shape index (κ2) is 6.07. The van der Waals surface area contributed by atoms with Gasteiger partial charge >= 0.3 is 0 Å². The number of hydrogen-bond acceptors (Lipinski definition) is 3. The molecule has 0 fully saturated rings. The van der Waals surface area contributed by atoms with E-state index in [1.165, 1.54) is 0 Å². The predicted molar refractivity (Wildman–Crippen MR) is 90.2 cm³/mol. The summed E-state index contributed by atoms with van der Waals surface area (Å²) >= 11 is 0. The highest BCUT2D eigenvalue weighted by Gasteiger charge is 2.31. The number of ketones is 1. The second-order valence-corrected chi connectivity index (χ2v) is 6.71. The first-order valence-electron chi connectivity index (χ1n) is 8.07. The van der Waals surface area contributed by atoms with Crippen LogP contribution in [0, 0.1) is 0 Å². The number of benzene rings is 2. The number of carbonyl (C=O) groups excluding carboxylic acids is 1. The molecule has 1 N–H and O–H groups in total. The van der Waals surface area contributed by atoms with Gasteiger partial charge in [-0.1, -0.05) is 30.3 Å². The fourth-order valence-corrected chi connectivity index (χ4v) is 2.99. The van der Waals surface area contributed by atoms with Gasteiger partial charge in [0.1, 0.15) is 17.1 Å². The maximum absolute atomic E-state index is 12.7. The molecular weight excluding hydrogens is 288 g/mol. The molecular formula is C20H22O3. The van der Waals surface area contributed by atoms with Crippen molar-refractivity contribution in [1.82, 2.24) is 0 Å². The summed E-state index contributed by atoms with van der Waals surface area (Å²) in [5.41, 5.74) is 2.18. The van der Waals surface area contributed by atoms with Gasteiger partial charge in [0.15, 0.2) is 5.78 Å². The Balaban J connectivity index is 1.84. The minimum Gasteiger partial charge on any atom is -0.508 e. The van der Waals surface area contributed by atoms with Crippen molar-refractivity contribution < 1.29 is 14.6 Å². The van der Waals surface area contributed by atoms with Crippen LogP contribution in [0.15, 0.2) is 42.5 Å². The molecule has 0 amide bonds. The molecule has 0 saturated heterocycles. The first kappa shape index (κ1) is 15.6. The Hall–Kier alpha value is -2.29. The van der Waals surface area contributed by atoms with Crippen molar-refractivity contribution in [2.75, 3.05) is 0 Å². The number of Topliss-reactive ketones (excluding diaryl/α,β-unsaturated/α-hetero) is 1. The van der Waals surface area contributed by atoms with Crippen LogP contribution in [0.5, 0.6) is 11.5 Å². The molecule has 0 saturated carbocycles. The molecule has 1 heterocycles. The van der Waals surface area contributed by atoms with E-state index in [4.69, 9.17) is 4.74 Å². The maximum Gasteiger partial charge on any atom is 0.166 e. The molecule has 23 heavy (non-hydrogen) atoms. The molecule has 3 heteroatoms. The summed E-state index contributed by atoms with van der Waals surface area (Å²) in [6, 6.07) is 13.3. The molecule has 0 radical (unpaired) electrons. The van der Waals surface area contributed by atoms with Gasteiger partial charge in [-0.05, 0) is 50.8 Å². The minimum absolute atomic E-state index is 0.0582. The largest absolute Gasteiger partial charge is 0.508 e. The van der Waals surface area contributed by atoms with Gasteiger partial charge in [0.05, 0.1) is 5.56 Å². The average Bonchev–Trinajstić information content (AvgIpc) is 2.53. The molecule has 120 valence electrons. The Morgan fingerprint density at radius 1 is 1.17 bits per heavy atom. The quantitative estimate of drug-likeness (QED) is 0.856. The third-order valence-electron chi connectivity index (χ3n) is 4.38. The van der Waals surface area contributed by atoms with Gasteiger partial charge in [0.25, 0.3) is 0 Å². The van der Waals surface area contributed by atoms with E-state index in [1.54, 1.807) is 12.1 Å². The highest BCUT2D eigenvalue weighted by atomic mass is 16.5. The maximum atomic E-state index is 12.7. The zero-order chi connectivity index (χ0) is 16.4. The number of aryl methyl sites for hydroxylation is 1. The van der Waals surface area contributed by atoms with Crippen molar-refractivity contribution in [3.05, 3.63) is 59.2 Å². The van der Waals surface area contributed by atoms with Crippen LogP contribution in [0.25, 0.3) is 0 Å². The van der Waals surface area contributed by atoms with Crippen LogP contribution >= 0.6 is 0 Å². The SMILES string of the molecule is CC1(C)CCc2c(O)ccc(C(=O)CCc3ccccc3)c2O1. The lowest BCUT2D eigenvalue weighted by Gasteiger charge is -2.34. The van der Waals surface area contributed by atoms with Gasteiger partial charge in [-0.15, -0.1) is 0 Å². The molecule has 0 bridgehead atoms. The van der Waals surface area contributed by atoms with Crippen molar-refractivity contribution >= 4 is 5.78 Å². The fraction of sp³-hybridized carbons (Fsp3) is 0.350. The highest BCUT2D eigenvalue weighted by molar-refractivity contribution is 5.99. The van der Waals surface area contributed by atoms with Crippen LogP contribution in [0.4, 0.5) is 0 Å². The summed E-state index contributed by atoms with van der Waals surface area (Å²) in [6.45, 7) is 4.02. The third kappa shape index (κ3) is 3.39. The number of phenolic OH excluding ortho intramolecular Hbond substituents is 1. The van der Waals surface area contributed by atoms with E-state index in [0.29, 0.717) is 24.2 Å². The van der Waals surface area contributed by atoms with Gasteiger partial charge in [-0.3, -0.25) is 4.79 Å². The lowest BCUT2D eigenvalue weighted by molar-refractivity contribution is 0.0795. The Morgan fingerprint density at radius 2 is 1.91 bits per heavy atom. The lowest BCUT2D eigenvalue weighted by Crippen LogP contribution is -2.33. The predicted octanol–water partition coefficient (Wildman–Crippen LogP) is 4.31. The molecule has 3 rings (SSSR count). The van der Waals surface area contributed by atoms with Crippen molar-refractivity contribution in [2.24, 2.45) is 0 Å². The standard InChI is InChI=1S/C20H22O3/c1-20(2)13-12-16-18(22)11-9-15(19(16)23-20)17(21)10-8-14-6-4-3-5-7-14/h3-7,9,11,22H,8,10,12-13H2,1-2H3. The van der Waals surface area contributed by atoms with Crippen molar-refractivity contribution in [2.45, 2.75) is 45.1 Å². The molecule has 1 aliphatic rings. The van der Waals surface area contributed by atoms with Crippen molar-refractivity contribution in [3.63, 3.8) is 0 Å². The van der Waals surface area contributed by atoms with E-state index >= 15 is 0 Å². The Labute approximate surface area is 136 Å². The summed E-state index contributed by atoms with van der Waals surface area (Å²) in [4.78, 5) is 12.7. The van der Waals surface area contributed by atoms with Crippen molar-refractivity contribution in [3.8, 4) is 11.5 Å². The molecule has 0 aliphatic carbocycles. The van der Waals surface area contributed by atoms with Gasteiger partial charge in [-0.2, -0.15) is 0 Å². The normalized spacial score (nSPS) is 15.6. The third-order valence-corrected chi connectivity index (χ3v) is 4.38. The number of aromatic hydroxyl groups is 1. The van der Waals surface area contributed by atoms with Gasteiger partial charge in [0.2, 0.25) is 0 Å². The van der Waals surface area contributed by atoms with E-state index in [-0.39, 0.29) is 17.1 Å². The molecule has 2 aromatic rings. The Kier molecular flexibility index (Phi) is 4.12. The highest BCUT2D eigenvalue weighted by Crippen LogP contribution is 2.40. The van der Waals surface area contributed by atoms with Crippen LogP contribution in [0.2, 0.25) is 0 Å². The topological polar surface area (TPSA) is 46.5 Å². The van der Waals surface area contributed by atoms with Crippen LogP contribution in [-0.4, -0.2) is 16.5 Å². The summed E-state index contributed by atoms with van der Waals surface area (Å²) in [5.74, 6) is 0.845. The van der Waals surface area contributed by atoms with Gasteiger partial charge in [0, 0.05) is 12.0 Å². The van der Waals surface area contributed by atoms with Crippen LogP contribution in [0.1, 0.15) is 48.2 Å². The number of phenols is 1. The molecule has 1 aliphatic heterocycles. The number of fused-ring (bicyclic) bond motifs is 1. The molecule has 0 aromatic heterocycles. The average molecular weight is 310 g/mol. The molecule has 0 unspecified atom stereocenters. The van der Waals surface area contributed by atoms with Gasteiger partial charge in [-0.25, -0.2) is 0 Å². The fourth-order valence-electron chi connectivity index (χ4n) is 2.99. The number of rotatable bonds is 4. The zero-order valence-electron chi connectivity index (χ0n) is 13.6. The van der Waals surface area contributed by atoms with Crippen molar-refractivity contribution in [1.29, 1.82) is 0 Å². The van der Waals surface area contributed by atoms with E-state index < -0.39 is 0 Å².